The average Bonchev–Trinajstić information content (AvgIpc) is 2.78. The number of unbranched alkanes of at least 4 members (excludes halogenated alkanes) is 1. The third-order valence-electron chi connectivity index (χ3n) is 5.60. The molecule has 0 unspecified atom stereocenters. The van der Waals surface area contributed by atoms with Crippen molar-refractivity contribution in [2.45, 2.75) is 38.0 Å². The van der Waals surface area contributed by atoms with E-state index < -0.39 is 0 Å². The van der Waals surface area contributed by atoms with Gasteiger partial charge in [0.2, 0.25) is 0 Å². The summed E-state index contributed by atoms with van der Waals surface area (Å²) in [5.74, 6) is 1.58. The number of rotatable bonds is 9. The molecule has 1 aliphatic heterocycles. The van der Waals surface area contributed by atoms with Gasteiger partial charge in [0, 0.05) is 36.3 Å². The van der Waals surface area contributed by atoms with Gasteiger partial charge < -0.3 is 19.5 Å². The lowest BCUT2D eigenvalue weighted by Crippen LogP contribution is -2.44. The molecule has 1 N–H and O–H groups in total. The Labute approximate surface area is 173 Å². The average molecular weight is 398 g/mol. The standard InChI is InChI=1S/C24H31NO4/c1-3-4-15-29-20-11-9-19(10-12-20)23(26)25-18-24(13-16-28-17-14-24)21-7-5-6-8-22(21)27-2/h5-12H,3-4,13-18H2,1-2H3,(H,25,26). The summed E-state index contributed by atoms with van der Waals surface area (Å²) in [6.45, 7) is 4.73. The van der Waals surface area contributed by atoms with E-state index in [1.807, 2.05) is 42.5 Å². The number of hydrogen-bond acceptors (Lipinski definition) is 4. The third kappa shape index (κ3) is 5.30. The highest BCUT2D eigenvalue weighted by atomic mass is 16.5. The Hall–Kier alpha value is -2.53. The molecule has 1 amide bonds. The third-order valence-corrected chi connectivity index (χ3v) is 5.60. The minimum absolute atomic E-state index is 0.0779. The zero-order valence-corrected chi connectivity index (χ0v) is 17.4. The van der Waals surface area contributed by atoms with Crippen LogP contribution in [0.15, 0.2) is 48.5 Å². The maximum absolute atomic E-state index is 12.8. The van der Waals surface area contributed by atoms with Gasteiger partial charge in [-0.2, -0.15) is 0 Å². The maximum atomic E-state index is 12.8. The van der Waals surface area contributed by atoms with Crippen LogP contribution in [0.4, 0.5) is 0 Å². The summed E-state index contributed by atoms with van der Waals surface area (Å²) < 4.78 is 16.9. The van der Waals surface area contributed by atoms with Gasteiger partial charge in [0.1, 0.15) is 11.5 Å². The maximum Gasteiger partial charge on any atom is 0.251 e. The molecule has 156 valence electrons. The minimum Gasteiger partial charge on any atom is -0.496 e. The number of methoxy groups -OCH3 is 1. The Morgan fingerprint density at radius 3 is 2.52 bits per heavy atom. The number of ether oxygens (including phenoxy) is 3. The van der Waals surface area contributed by atoms with Gasteiger partial charge in [-0.15, -0.1) is 0 Å². The van der Waals surface area contributed by atoms with Gasteiger partial charge in [-0.1, -0.05) is 31.5 Å². The molecule has 2 aromatic rings. The summed E-state index contributed by atoms with van der Waals surface area (Å²) in [5, 5.41) is 3.14. The van der Waals surface area contributed by atoms with E-state index in [1.54, 1.807) is 7.11 Å². The van der Waals surface area contributed by atoms with Crippen LogP contribution in [0.3, 0.4) is 0 Å². The van der Waals surface area contributed by atoms with E-state index in [9.17, 15) is 4.79 Å². The van der Waals surface area contributed by atoms with Gasteiger partial charge in [0.05, 0.1) is 13.7 Å². The smallest absolute Gasteiger partial charge is 0.251 e. The van der Waals surface area contributed by atoms with Crippen LogP contribution in [0.2, 0.25) is 0 Å². The SMILES string of the molecule is CCCCOc1ccc(C(=O)NCC2(c3ccccc3OC)CCOCC2)cc1. The first-order valence-corrected chi connectivity index (χ1v) is 10.4. The van der Waals surface area contributed by atoms with Crippen molar-refractivity contribution in [3.8, 4) is 11.5 Å². The van der Waals surface area contributed by atoms with Crippen LogP contribution < -0.4 is 14.8 Å². The lowest BCUT2D eigenvalue weighted by Gasteiger charge is -2.38. The number of nitrogens with one attached hydrogen (secondary N) is 1. The van der Waals surface area contributed by atoms with Crippen molar-refractivity contribution in [2.75, 3.05) is 33.5 Å². The van der Waals surface area contributed by atoms with Crippen LogP contribution in [0.1, 0.15) is 48.5 Å². The number of amides is 1. The van der Waals surface area contributed by atoms with Crippen molar-refractivity contribution in [3.05, 3.63) is 59.7 Å². The molecule has 2 aromatic carbocycles. The summed E-state index contributed by atoms with van der Waals surface area (Å²) in [5.41, 5.74) is 1.57. The van der Waals surface area contributed by atoms with Crippen molar-refractivity contribution in [1.29, 1.82) is 0 Å². The second kappa shape index (κ2) is 10.3. The molecule has 0 atom stereocenters. The Kier molecular flexibility index (Phi) is 7.53. The molecule has 0 aliphatic carbocycles. The first kappa shape index (κ1) is 21.2. The second-order valence-corrected chi connectivity index (χ2v) is 7.50. The molecule has 1 heterocycles. The van der Waals surface area contributed by atoms with Crippen molar-refractivity contribution < 1.29 is 19.0 Å². The van der Waals surface area contributed by atoms with Crippen LogP contribution in [-0.4, -0.2) is 39.4 Å². The van der Waals surface area contributed by atoms with Gasteiger partial charge in [-0.25, -0.2) is 0 Å². The summed E-state index contributed by atoms with van der Waals surface area (Å²) in [6.07, 6.45) is 3.81. The van der Waals surface area contributed by atoms with Gasteiger partial charge in [-0.05, 0) is 49.6 Å². The topological polar surface area (TPSA) is 56.8 Å². The molecule has 0 radical (unpaired) electrons. The molecule has 1 saturated heterocycles. The summed E-state index contributed by atoms with van der Waals surface area (Å²) >= 11 is 0. The molecule has 3 rings (SSSR count). The molecule has 1 fully saturated rings. The Morgan fingerprint density at radius 2 is 1.83 bits per heavy atom. The lowest BCUT2D eigenvalue weighted by molar-refractivity contribution is 0.0479. The fraction of sp³-hybridized carbons (Fsp3) is 0.458. The van der Waals surface area contributed by atoms with E-state index in [0.29, 0.717) is 31.9 Å². The number of carbonyl (C=O) groups excluding carboxylic acids is 1. The molecular weight excluding hydrogens is 366 g/mol. The van der Waals surface area contributed by atoms with E-state index >= 15 is 0 Å². The molecule has 1 aliphatic rings. The minimum atomic E-state index is -0.191. The molecule has 0 bridgehead atoms. The van der Waals surface area contributed by atoms with E-state index in [0.717, 1.165) is 42.7 Å². The monoisotopic (exact) mass is 397 g/mol. The molecule has 0 aromatic heterocycles. The fourth-order valence-corrected chi connectivity index (χ4v) is 3.77. The Morgan fingerprint density at radius 1 is 1.10 bits per heavy atom. The number of hydrogen-bond donors (Lipinski definition) is 1. The molecule has 0 saturated carbocycles. The second-order valence-electron chi connectivity index (χ2n) is 7.50. The van der Waals surface area contributed by atoms with Gasteiger partial charge in [0.15, 0.2) is 0 Å². The van der Waals surface area contributed by atoms with Crippen LogP contribution in [-0.2, 0) is 10.2 Å². The van der Waals surface area contributed by atoms with Gasteiger partial charge in [0.25, 0.3) is 5.91 Å². The molecule has 5 nitrogen and oxygen atoms in total. The van der Waals surface area contributed by atoms with E-state index in [2.05, 4.69) is 18.3 Å². The van der Waals surface area contributed by atoms with Crippen molar-refractivity contribution in [2.24, 2.45) is 0 Å². The molecule has 29 heavy (non-hydrogen) atoms. The van der Waals surface area contributed by atoms with Gasteiger partial charge in [-0.3, -0.25) is 4.79 Å². The van der Waals surface area contributed by atoms with Crippen LogP contribution >= 0.6 is 0 Å². The highest BCUT2D eigenvalue weighted by molar-refractivity contribution is 5.94. The van der Waals surface area contributed by atoms with E-state index in [-0.39, 0.29) is 11.3 Å². The quantitative estimate of drug-likeness (QED) is 0.639. The van der Waals surface area contributed by atoms with Gasteiger partial charge >= 0.3 is 0 Å². The zero-order chi connectivity index (χ0) is 20.5. The van der Waals surface area contributed by atoms with Crippen molar-refractivity contribution >= 4 is 5.91 Å². The van der Waals surface area contributed by atoms with Crippen molar-refractivity contribution in [3.63, 3.8) is 0 Å². The molecule has 0 spiro atoms. The molecular formula is C24H31NO4. The summed E-state index contributed by atoms with van der Waals surface area (Å²) in [4.78, 5) is 12.8. The Balaban J connectivity index is 1.69. The number of benzene rings is 2. The highest BCUT2D eigenvalue weighted by Crippen LogP contribution is 2.39. The normalized spacial score (nSPS) is 15.5. The predicted molar refractivity (Wildman–Crippen MR) is 114 cm³/mol. The highest BCUT2D eigenvalue weighted by Gasteiger charge is 2.37. The first-order valence-electron chi connectivity index (χ1n) is 10.4. The number of carbonyl (C=O) groups is 1. The summed E-state index contributed by atoms with van der Waals surface area (Å²) in [7, 11) is 1.69. The number of para-hydroxylation sites is 1. The van der Waals surface area contributed by atoms with E-state index in [4.69, 9.17) is 14.2 Å². The first-order chi connectivity index (χ1) is 14.2. The van der Waals surface area contributed by atoms with E-state index in [1.165, 1.54) is 0 Å². The lowest BCUT2D eigenvalue weighted by atomic mass is 9.73. The fourth-order valence-electron chi connectivity index (χ4n) is 3.77. The van der Waals surface area contributed by atoms with Crippen molar-refractivity contribution in [1.82, 2.24) is 5.32 Å². The van der Waals surface area contributed by atoms with Crippen LogP contribution in [0.25, 0.3) is 0 Å². The largest absolute Gasteiger partial charge is 0.496 e. The predicted octanol–water partition coefficient (Wildman–Crippen LogP) is 4.35. The zero-order valence-electron chi connectivity index (χ0n) is 17.4. The van der Waals surface area contributed by atoms with Crippen LogP contribution in [0.5, 0.6) is 11.5 Å². The Bertz CT molecular complexity index is 782. The molecule has 5 heteroatoms. The van der Waals surface area contributed by atoms with Crippen LogP contribution in [0, 0.1) is 0 Å². The summed E-state index contributed by atoms with van der Waals surface area (Å²) in [6, 6.07) is 15.4.